The van der Waals surface area contributed by atoms with Gasteiger partial charge in [-0.05, 0) is 33.2 Å². The van der Waals surface area contributed by atoms with Gasteiger partial charge in [-0.25, -0.2) is 14.6 Å². The van der Waals surface area contributed by atoms with Crippen molar-refractivity contribution in [2.45, 2.75) is 52.7 Å². The third kappa shape index (κ3) is 3.94. The zero-order chi connectivity index (χ0) is 16.4. The summed E-state index contributed by atoms with van der Waals surface area (Å²) in [6.45, 7) is 8.18. The average molecular weight is 334 g/mol. The third-order valence-corrected chi connectivity index (χ3v) is 4.85. The van der Waals surface area contributed by atoms with Crippen molar-refractivity contribution >= 4 is 22.4 Å². The van der Waals surface area contributed by atoms with Crippen LogP contribution in [0.2, 0.25) is 0 Å². The molecule has 1 aliphatic heterocycles. The molecule has 0 aliphatic carbocycles. The molecule has 7 nitrogen and oxygen atoms in total. The van der Waals surface area contributed by atoms with Gasteiger partial charge in [0.15, 0.2) is 5.13 Å². The summed E-state index contributed by atoms with van der Waals surface area (Å²) in [7, 11) is 0. The number of aryl methyl sites for hydroxylation is 2. The molecule has 0 aromatic carbocycles. The first-order valence-electron chi connectivity index (χ1n) is 7.85. The number of amides is 1. The van der Waals surface area contributed by atoms with Gasteiger partial charge in [0.05, 0.1) is 12.2 Å². The van der Waals surface area contributed by atoms with Crippen LogP contribution in [-0.2, 0) is 17.9 Å². The summed E-state index contributed by atoms with van der Waals surface area (Å²) in [5.41, 5.74) is 1.01. The van der Waals surface area contributed by atoms with E-state index in [9.17, 15) is 4.79 Å². The quantitative estimate of drug-likeness (QED) is 0.905. The second kappa shape index (κ2) is 6.76. The maximum absolute atomic E-state index is 11.1. The van der Waals surface area contributed by atoms with Gasteiger partial charge in [-0.2, -0.15) is 5.10 Å². The molecule has 8 heteroatoms. The largest absolute Gasteiger partial charge is 0.302 e. The normalized spacial score (nSPS) is 18.5. The van der Waals surface area contributed by atoms with Crippen LogP contribution in [0.5, 0.6) is 0 Å². The maximum Gasteiger partial charge on any atom is 0.223 e. The summed E-state index contributed by atoms with van der Waals surface area (Å²) in [4.78, 5) is 22.4. The number of hydrogen-bond donors (Lipinski definition) is 1. The van der Waals surface area contributed by atoms with Crippen molar-refractivity contribution in [1.82, 2.24) is 24.6 Å². The predicted molar refractivity (Wildman–Crippen MR) is 89.3 cm³/mol. The minimum Gasteiger partial charge on any atom is -0.302 e. The molecule has 0 saturated carbocycles. The number of aromatic nitrogens is 4. The number of nitrogens with zero attached hydrogens (tertiary/aromatic N) is 5. The van der Waals surface area contributed by atoms with E-state index in [4.69, 9.17) is 0 Å². The summed E-state index contributed by atoms with van der Waals surface area (Å²) in [6, 6.07) is 0.459. The summed E-state index contributed by atoms with van der Waals surface area (Å²) in [6.07, 6.45) is 2.36. The number of thiazole rings is 1. The fourth-order valence-corrected chi connectivity index (χ4v) is 3.79. The van der Waals surface area contributed by atoms with Crippen LogP contribution >= 0.6 is 11.3 Å². The van der Waals surface area contributed by atoms with Crippen molar-refractivity contribution in [3.05, 3.63) is 22.7 Å². The molecule has 1 saturated heterocycles. The summed E-state index contributed by atoms with van der Waals surface area (Å²) >= 11 is 1.47. The minimum atomic E-state index is -0.0815. The minimum absolute atomic E-state index is 0.0815. The van der Waals surface area contributed by atoms with Gasteiger partial charge < -0.3 is 5.32 Å². The third-order valence-electron chi connectivity index (χ3n) is 4.05. The Hall–Kier alpha value is -1.80. The van der Waals surface area contributed by atoms with Crippen LogP contribution in [0.25, 0.3) is 0 Å². The Bertz CT molecular complexity index is 694. The van der Waals surface area contributed by atoms with E-state index in [1.807, 2.05) is 23.9 Å². The lowest BCUT2D eigenvalue weighted by molar-refractivity contribution is -0.114. The van der Waals surface area contributed by atoms with E-state index in [1.165, 1.54) is 31.1 Å². The number of nitrogens with one attached hydrogen (secondary N) is 1. The van der Waals surface area contributed by atoms with Gasteiger partial charge in [-0.15, -0.1) is 11.3 Å². The van der Waals surface area contributed by atoms with E-state index in [1.54, 1.807) is 0 Å². The van der Waals surface area contributed by atoms with Crippen LogP contribution in [0.15, 0.2) is 5.38 Å². The van der Waals surface area contributed by atoms with Crippen molar-refractivity contribution in [1.29, 1.82) is 0 Å². The smallest absolute Gasteiger partial charge is 0.223 e. The Labute approximate surface area is 139 Å². The second-order valence-corrected chi connectivity index (χ2v) is 6.84. The van der Waals surface area contributed by atoms with Crippen molar-refractivity contribution < 1.29 is 4.79 Å². The summed E-state index contributed by atoms with van der Waals surface area (Å²) < 4.78 is 2.00. The molecule has 1 N–H and O–H groups in total. The van der Waals surface area contributed by atoms with Crippen molar-refractivity contribution in [2.75, 3.05) is 11.9 Å². The highest BCUT2D eigenvalue weighted by molar-refractivity contribution is 7.13. The number of anilines is 1. The van der Waals surface area contributed by atoms with Crippen LogP contribution in [0.4, 0.5) is 5.13 Å². The van der Waals surface area contributed by atoms with Crippen molar-refractivity contribution in [2.24, 2.45) is 0 Å². The van der Waals surface area contributed by atoms with Gasteiger partial charge in [0.2, 0.25) is 5.91 Å². The molecular weight excluding hydrogens is 312 g/mol. The van der Waals surface area contributed by atoms with Crippen LogP contribution in [0.1, 0.15) is 37.1 Å². The Morgan fingerprint density at radius 1 is 1.43 bits per heavy atom. The van der Waals surface area contributed by atoms with Crippen LogP contribution < -0.4 is 5.32 Å². The fraction of sp³-hybridized carbons (Fsp3) is 0.600. The molecule has 2 aromatic rings. The molecule has 0 bridgehead atoms. The zero-order valence-corrected chi connectivity index (χ0v) is 14.6. The molecule has 0 radical (unpaired) electrons. The van der Waals surface area contributed by atoms with Crippen LogP contribution in [-0.4, -0.2) is 43.1 Å². The van der Waals surface area contributed by atoms with Gasteiger partial charge >= 0.3 is 0 Å². The fourth-order valence-electron chi connectivity index (χ4n) is 3.04. The van der Waals surface area contributed by atoms with Gasteiger partial charge in [-0.1, -0.05) is 0 Å². The number of carbonyl (C=O) groups excluding carboxylic acids is 1. The Kier molecular flexibility index (Phi) is 4.72. The molecule has 1 amide bonds. The Morgan fingerprint density at radius 3 is 2.96 bits per heavy atom. The van der Waals surface area contributed by atoms with Crippen LogP contribution in [0.3, 0.4) is 0 Å². The molecule has 1 aliphatic rings. The monoisotopic (exact) mass is 334 g/mol. The molecule has 1 atom stereocenters. The Balaban J connectivity index is 1.63. The topological polar surface area (TPSA) is 75.9 Å². The van der Waals surface area contributed by atoms with Gasteiger partial charge in [0.25, 0.3) is 0 Å². The summed E-state index contributed by atoms with van der Waals surface area (Å²) in [5, 5.41) is 9.90. The zero-order valence-electron chi connectivity index (χ0n) is 13.7. The number of carbonyl (C=O) groups is 1. The van der Waals surface area contributed by atoms with E-state index < -0.39 is 0 Å². The molecular formula is C15H22N6OS. The molecule has 23 heavy (non-hydrogen) atoms. The van der Waals surface area contributed by atoms with E-state index in [-0.39, 0.29) is 5.91 Å². The SMILES string of the molecule is CC(=O)Nc1nc(CN2CCCC2Cn2nc(C)nc2C)cs1. The highest BCUT2D eigenvalue weighted by Gasteiger charge is 2.26. The van der Waals surface area contributed by atoms with Gasteiger partial charge in [-0.3, -0.25) is 9.69 Å². The van der Waals surface area contributed by atoms with Crippen LogP contribution in [0, 0.1) is 13.8 Å². The van der Waals surface area contributed by atoms with Crippen molar-refractivity contribution in [3.63, 3.8) is 0 Å². The summed E-state index contributed by atoms with van der Waals surface area (Å²) in [5.74, 6) is 1.71. The second-order valence-electron chi connectivity index (χ2n) is 5.98. The van der Waals surface area contributed by atoms with E-state index in [0.717, 1.165) is 37.0 Å². The highest BCUT2D eigenvalue weighted by atomic mass is 32.1. The molecule has 124 valence electrons. The lowest BCUT2D eigenvalue weighted by atomic mass is 10.2. The first kappa shape index (κ1) is 16.1. The van der Waals surface area contributed by atoms with E-state index in [0.29, 0.717) is 11.2 Å². The maximum atomic E-state index is 11.1. The highest BCUT2D eigenvalue weighted by Crippen LogP contribution is 2.23. The molecule has 3 rings (SSSR count). The van der Waals surface area contributed by atoms with E-state index >= 15 is 0 Å². The predicted octanol–water partition coefficient (Wildman–Crippen LogP) is 1.97. The van der Waals surface area contributed by atoms with Crippen molar-refractivity contribution in [3.8, 4) is 0 Å². The number of likely N-dealkylation sites (tertiary alicyclic amines) is 1. The molecule has 0 spiro atoms. The molecule has 1 fully saturated rings. The van der Waals surface area contributed by atoms with Gasteiger partial charge in [0, 0.05) is 24.9 Å². The van der Waals surface area contributed by atoms with Gasteiger partial charge in [0.1, 0.15) is 11.6 Å². The Morgan fingerprint density at radius 2 is 2.26 bits per heavy atom. The number of rotatable bonds is 5. The first-order valence-corrected chi connectivity index (χ1v) is 8.73. The lowest BCUT2D eigenvalue weighted by Gasteiger charge is -2.23. The lowest BCUT2D eigenvalue weighted by Crippen LogP contribution is -2.33. The molecule has 2 aromatic heterocycles. The average Bonchev–Trinajstić information content (AvgIpc) is 3.14. The standard InChI is InChI=1S/C15H22N6OS/c1-10-16-11(2)21(19-10)8-14-5-4-6-20(14)7-13-9-23-15(18-13)17-12(3)22/h9,14H,4-8H2,1-3H3,(H,17,18,22). The first-order chi connectivity index (χ1) is 11.0. The number of hydrogen-bond acceptors (Lipinski definition) is 6. The molecule has 3 heterocycles. The van der Waals surface area contributed by atoms with E-state index in [2.05, 4.69) is 25.3 Å². The molecule has 1 unspecified atom stereocenters.